The molecular formula is C25H31N5O2S. The number of benzene rings is 2. The van der Waals surface area contributed by atoms with Gasteiger partial charge in [-0.15, -0.1) is 10.2 Å². The van der Waals surface area contributed by atoms with Gasteiger partial charge in [0.05, 0.1) is 11.8 Å². The van der Waals surface area contributed by atoms with Crippen LogP contribution in [0.4, 0.5) is 5.69 Å². The first-order valence-electron chi connectivity index (χ1n) is 10.9. The predicted octanol–water partition coefficient (Wildman–Crippen LogP) is 4.60. The molecule has 0 unspecified atom stereocenters. The van der Waals surface area contributed by atoms with E-state index in [-0.39, 0.29) is 29.5 Å². The van der Waals surface area contributed by atoms with Crippen molar-refractivity contribution in [2.45, 2.75) is 45.8 Å². The van der Waals surface area contributed by atoms with Crippen molar-refractivity contribution in [2.75, 3.05) is 11.1 Å². The summed E-state index contributed by atoms with van der Waals surface area (Å²) in [6.07, 6.45) is 0. The molecule has 33 heavy (non-hydrogen) atoms. The van der Waals surface area contributed by atoms with Gasteiger partial charge >= 0.3 is 0 Å². The van der Waals surface area contributed by atoms with Crippen LogP contribution < -0.4 is 10.6 Å². The Bertz CT molecular complexity index is 1140. The van der Waals surface area contributed by atoms with E-state index in [1.165, 1.54) is 11.8 Å². The first kappa shape index (κ1) is 24.5. The lowest BCUT2D eigenvalue weighted by Gasteiger charge is -2.21. The number of thioether (sulfide) groups is 1. The molecular weight excluding hydrogens is 434 g/mol. The van der Waals surface area contributed by atoms with Crippen LogP contribution in [0.25, 0.3) is 0 Å². The number of aromatic nitrogens is 3. The Labute approximate surface area is 199 Å². The largest absolute Gasteiger partial charge is 0.342 e. The standard InChI is InChI=1S/C25H31N5O2S/c1-15(2)22(27-24(32)19-9-7-8-16(3)11-19)23-28-29-25(30(23)6)33-14-21(31)26-20-12-17(4)10-18(5)13-20/h7-13,15,22H,14H2,1-6H3,(H,26,31)(H,27,32)/t22-/m1/s1. The first-order valence-corrected chi connectivity index (χ1v) is 11.9. The highest BCUT2D eigenvalue weighted by Gasteiger charge is 2.25. The molecule has 2 N–H and O–H groups in total. The van der Waals surface area contributed by atoms with Gasteiger partial charge < -0.3 is 15.2 Å². The summed E-state index contributed by atoms with van der Waals surface area (Å²) in [6.45, 7) is 10.0. The zero-order valence-corrected chi connectivity index (χ0v) is 20.8. The van der Waals surface area contributed by atoms with Gasteiger partial charge in [-0.25, -0.2) is 0 Å². The Morgan fingerprint density at radius 1 is 1.00 bits per heavy atom. The number of amides is 2. The monoisotopic (exact) mass is 465 g/mol. The van der Waals surface area contributed by atoms with E-state index in [4.69, 9.17) is 0 Å². The summed E-state index contributed by atoms with van der Waals surface area (Å²) in [5.74, 6) is 0.710. The molecule has 2 aromatic carbocycles. The quantitative estimate of drug-likeness (QED) is 0.475. The van der Waals surface area contributed by atoms with Gasteiger partial charge in [-0.05, 0) is 62.1 Å². The smallest absolute Gasteiger partial charge is 0.251 e. The minimum atomic E-state index is -0.311. The van der Waals surface area contributed by atoms with Gasteiger partial charge in [-0.2, -0.15) is 0 Å². The van der Waals surface area contributed by atoms with Crippen LogP contribution in [0.2, 0.25) is 0 Å². The average molecular weight is 466 g/mol. The number of aryl methyl sites for hydroxylation is 3. The Morgan fingerprint density at radius 3 is 2.33 bits per heavy atom. The fourth-order valence-corrected chi connectivity index (χ4v) is 4.36. The van der Waals surface area contributed by atoms with Gasteiger partial charge in [-0.1, -0.05) is 49.4 Å². The van der Waals surface area contributed by atoms with Crippen LogP contribution in [0.3, 0.4) is 0 Å². The molecule has 0 spiro atoms. The highest BCUT2D eigenvalue weighted by molar-refractivity contribution is 7.99. The fraction of sp³-hybridized carbons (Fsp3) is 0.360. The van der Waals surface area contributed by atoms with Crippen molar-refractivity contribution in [3.8, 4) is 0 Å². The van der Waals surface area contributed by atoms with E-state index in [1.54, 1.807) is 6.07 Å². The van der Waals surface area contributed by atoms with E-state index < -0.39 is 0 Å². The molecule has 3 aromatic rings. The molecule has 2 amide bonds. The number of anilines is 1. The van der Waals surface area contributed by atoms with Crippen molar-refractivity contribution in [3.05, 3.63) is 70.5 Å². The SMILES string of the molecule is Cc1cc(C)cc(NC(=O)CSc2nnc([C@H](NC(=O)c3cccc(C)c3)C(C)C)n2C)c1. The molecule has 0 saturated carbocycles. The maximum Gasteiger partial charge on any atom is 0.251 e. The topological polar surface area (TPSA) is 88.9 Å². The van der Waals surface area contributed by atoms with Gasteiger partial charge in [0, 0.05) is 18.3 Å². The van der Waals surface area contributed by atoms with Crippen molar-refractivity contribution in [1.29, 1.82) is 0 Å². The van der Waals surface area contributed by atoms with Crippen LogP contribution >= 0.6 is 11.8 Å². The maximum atomic E-state index is 12.8. The van der Waals surface area contributed by atoms with E-state index in [2.05, 4.69) is 26.9 Å². The lowest BCUT2D eigenvalue weighted by atomic mass is 10.0. The van der Waals surface area contributed by atoms with E-state index >= 15 is 0 Å². The second kappa shape index (κ2) is 10.7. The summed E-state index contributed by atoms with van der Waals surface area (Å²) in [7, 11) is 1.85. The summed E-state index contributed by atoms with van der Waals surface area (Å²) in [5, 5.41) is 15.2. The molecule has 8 heteroatoms. The van der Waals surface area contributed by atoms with Gasteiger partial charge in [0.2, 0.25) is 5.91 Å². The van der Waals surface area contributed by atoms with Crippen molar-refractivity contribution in [1.82, 2.24) is 20.1 Å². The third kappa shape index (κ3) is 6.44. The molecule has 0 aliphatic heterocycles. The summed E-state index contributed by atoms with van der Waals surface area (Å²) >= 11 is 1.31. The second-order valence-electron chi connectivity index (χ2n) is 8.68. The molecule has 0 aliphatic carbocycles. The lowest BCUT2D eigenvalue weighted by molar-refractivity contribution is -0.113. The van der Waals surface area contributed by atoms with Crippen molar-refractivity contribution in [3.63, 3.8) is 0 Å². The van der Waals surface area contributed by atoms with Gasteiger partial charge in [-0.3, -0.25) is 9.59 Å². The number of carbonyl (C=O) groups excluding carboxylic acids is 2. The van der Waals surface area contributed by atoms with E-state index in [0.29, 0.717) is 16.5 Å². The average Bonchev–Trinajstić information content (AvgIpc) is 3.09. The van der Waals surface area contributed by atoms with Crippen LogP contribution in [0.15, 0.2) is 47.6 Å². The molecule has 0 aliphatic rings. The summed E-state index contributed by atoms with van der Waals surface area (Å²) < 4.78 is 1.84. The van der Waals surface area contributed by atoms with Gasteiger partial charge in [0.25, 0.3) is 5.91 Å². The van der Waals surface area contributed by atoms with Crippen LogP contribution in [-0.2, 0) is 11.8 Å². The van der Waals surface area contributed by atoms with Crippen molar-refractivity contribution < 1.29 is 9.59 Å². The molecule has 174 valence electrons. The fourth-order valence-electron chi connectivity index (χ4n) is 3.64. The number of hydrogen-bond acceptors (Lipinski definition) is 5. The van der Waals surface area contributed by atoms with E-state index in [9.17, 15) is 9.59 Å². The van der Waals surface area contributed by atoms with Crippen molar-refractivity contribution in [2.24, 2.45) is 13.0 Å². The number of rotatable bonds is 8. The number of nitrogens with one attached hydrogen (secondary N) is 2. The Balaban J connectivity index is 1.67. The molecule has 1 aromatic heterocycles. The highest BCUT2D eigenvalue weighted by atomic mass is 32.2. The van der Waals surface area contributed by atoms with Crippen LogP contribution in [0.5, 0.6) is 0 Å². The zero-order valence-electron chi connectivity index (χ0n) is 20.0. The minimum Gasteiger partial charge on any atom is -0.342 e. The molecule has 7 nitrogen and oxygen atoms in total. The third-order valence-electron chi connectivity index (χ3n) is 5.22. The van der Waals surface area contributed by atoms with Gasteiger partial charge in [0.1, 0.15) is 0 Å². The molecule has 1 heterocycles. The minimum absolute atomic E-state index is 0.104. The van der Waals surface area contributed by atoms with Crippen molar-refractivity contribution >= 4 is 29.3 Å². The Morgan fingerprint density at radius 2 is 1.70 bits per heavy atom. The second-order valence-corrected chi connectivity index (χ2v) is 9.62. The first-order chi connectivity index (χ1) is 15.6. The number of carbonyl (C=O) groups is 2. The predicted molar refractivity (Wildman–Crippen MR) is 132 cm³/mol. The number of nitrogens with zero attached hydrogens (tertiary/aromatic N) is 3. The molecule has 1 atom stereocenters. The molecule has 3 rings (SSSR count). The number of hydrogen-bond donors (Lipinski definition) is 2. The molecule has 0 radical (unpaired) electrons. The molecule has 0 fully saturated rings. The highest BCUT2D eigenvalue weighted by Crippen LogP contribution is 2.25. The lowest BCUT2D eigenvalue weighted by Crippen LogP contribution is -2.33. The Hall–Kier alpha value is -3.13. The summed E-state index contributed by atoms with van der Waals surface area (Å²) in [4.78, 5) is 25.3. The van der Waals surface area contributed by atoms with Crippen LogP contribution in [-0.4, -0.2) is 32.3 Å². The third-order valence-corrected chi connectivity index (χ3v) is 6.24. The molecule has 0 bridgehead atoms. The summed E-state index contributed by atoms with van der Waals surface area (Å²) in [5.41, 5.74) is 4.63. The van der Waals surface area contributed by atoms with Crippen LogP contribution in [0.1, 0.15) is 52.8 Å². The van der Waals surface area contributed by atoms with Crippen LogP contribution in [0, 0.1) is 26.7 Å². The Kier molecular flexibility index (Phi) is 7.92. The normalized spacial score (nSPS) is 12.0. The molecule has 0 saturated heterocycles. The maximum absolute atomic E-state index is 12.8. The van der Waals surface area contributed by atoms with Gasteiger partial charge in [0.15, 0.2) is 11.0 Å². The zero-order chi connectivity index (χ0) is 24.1. The van der Waals surface area contributed by atoms with E-state index in [0.717, 1.165) is 22.4 Å². The van der Waals surface area contributed by atoms with E-state index in [1.807, 2.05) is 76.6 Å². The summed E-state index contributed by atoms with van der Waals surface area (Å²) in [6, 6.07) is 13.1.